The van der Waals surface area contributed by atoms with Crippen LogP contribution < -0.4 is 43.2 Å². The number of Topliss-reactive ketones (excluding diaryl/α,β-unsaturated/α-hetero) is 4. The number of fused-ring (bicyclic) bond motifs is 9. The van der Waals surface area contributed by atoms with E-state index in [2.05, 4.69) is 75.7 Å². The highest BCUT2D eigenvalue weighted by molar-refractivity contribution is 8.76. The number of aryl methyl sites for hydroxylation is 2. The van der Waals surface area contributed by atoms with Gasteiger partial charge in [0, 0.05) is 143 Å². The third kappa shape index (κ3) is 20.4. The number of aliphatic carboxylic acids is 2. The normalized spacial score (nSPS) is 16.9. The fourth-order valence-corrected chi connectivity index (χ4v) is 16.3. The monoisotopic (exact) mass is 1570 g/mol. The quantitative estimate of drug-likeness (QED) is 0.00565. The Morgan fingerprint density at radius 3 is 2.06 bits per heavy atom. The van der Waals surface area contributed by atoms with E-state index in [4.69, 9.17) is 20.4 Å². The third-order valence-electron chi connectivity index (χ3n) is 19.6. The second-order valence-electron chi connectivity index (χ2n) is 27.2. The molecule has 14 N–H and O–H groups in total. The van der Waals surface area contributed by atoms with Crippen molar-refractivity contribution in [3.05, 3.63) is 121 Å². The van der Waals surface area contributed by atoms with Crippen molar-refractivity contribution in [2.24, 2.45) is 11.8 Å². The van der Waals surface area contributed by atoms with E-state index in [0.717, 1.165) is 39.4 Å². The van der Waals surface area contributed by atoms with Gasteiger partial charge in [0.2, 0.25) is 29.6 Å². The molecule has 3 aliphatic rings. The Balaban J connectivity index is 0.825. The molecule has 9 rings (SSSR count). The fraction of sp³-hybridized carbons (Fsp3) is 0.452. The maximum atomic E-state index is 14.6. The number of carboxylic acid groups (broad SMARTS) is 2. The molecule has 586 valence electrons. The molecule has 5 amide bonds. The minimum Gasteiger partial charge on any atom is -0.481 e. The number of ether oxygens (including phenoxy) is 1. The molecule has 1 aromatic carbocycles. The first-order valence-electron chi connectivity index (χ1n) is 35.6. The van der Waals surface area contributed by atoms with Gasteiger partial charge in [-0.05, 0) is 101 Å². The number of amides is 5. The molecule has 2 aliphatic heterocycles. The van der Waals surface area contributed by atoms with E-state index in [0.29, 0.717) is 72.7 Å². The van der Waals surface area contributed by atoms with Crippen LogP contribution in [0.3, 0.4) is 0 Å². The standard InChI is InChI=1S/C73H87N15O19S3/c1-9-44-33(3)47-28-53-58(37(7)89)35(5)49(82-53)26-48-34(4)45(62(83-48)60-61(72(103)107-8)65(95)59-36(6)50(84-63(59)60)27-51(44)81-47)16-18-55(92)76-19-21-108-109-32-40(70(99)100)24-54(91)52(29-57(94)77-20-22-110(104,105)106)86-68(97)39(25-56(93)75-10-2)23-43(90)15-17-46(71(101)102)85-67(96)38-11-13-41(14-12-38)78-30-42-31-79-66-64(80-42)69(98)88-73(74)87-66/h11-14,26-28,31,33-34,39-40,44-46,52,61,78,82,84H,9-10,15-25,29-30,32H2,1-8H3,(H,75,93)(H,76,92)(H,77,94)(H,85,96)(H,86,97)(H,99,100)(H,101,102)(H,104,105,106)(H3,74,79,87,88,98)/t33-,34+,39+,40+,44-,45+,46+,52+,61?/m1/s1. The van der Waals surface area contributed by atoms with Crippen molar-refractivity contribution in [3.8, 4) is 0 Å². The van der Waals surface area contributed by atoms with Gasteiger partial charge in [0.25, 0.3) is 21.6 Å². The molecule has 6 aromatic rings. The summed E-state index contributed by atoms with van der Waals surface area (Å²) in [7, 11) is -1.18. The van der Waals surface area contributed by atoms with E-state index in [9.17, 15) is 85.5 Å². The number of aromatic nitrogens is 8. The van der Waals surface area contributed by atoms with Crippen LogP contribution in [0.25, 0.3) is 33.2 Å². The summed E-state index contributed by atoms with van der Waals surface area (Å²) in [5.41, 5.74) is 13.1. The number of aromatic amines is 3. The summed E-state index contributed by atoms with van der Waals surface area (Å²) in [5, 5.41) is 35.9. The van der Waals surface area contributed by atoms with Crippen LogP contribution >= 0.6 is 21.6 Å². The number of ketones is 4. The predicted molar refractivity (Wildman–Crippen MR) is 407 cm³/mol. The van der Waals surface area contributed by atoms with Crippen LogP contribution in [-0.2, 0) is 64.6 Å². The van der Waals surface area contributed by atoms with Crippen molar-refractivity contribution in [2.75, 3.05) is 55.1 Å². The number of nitrogens with one attached hydrogen (secondary N) is 9. The van der Waals surface area contributed by atoms with Gasteiger partial charge >= 0.3 is 17.9 Å². The summed E-state index contributed by atoms with van der Waals surface area (Å²) in [6, 6.07) is 8.02. The Bertz CT molecular complexity index is 5010. The number of carbonyl (C=O) groups is 12. The number of carboxylic acids is 2. The maximum Gasteiger partial charge on any atom is 0.326 e. The minimum absolute atomic E-state index is 0.00328. The number of H-pyrrole nitrogens is 3. The highest BCUT2D eigenvalue weighted by Gasteiger charge is 2.46. The molecule has 9 atom stereocenters. The largest absolute Gasteiger partial charge is 0.481 e. The van der Waals surface area contributed by atoms with Crippen molar-refractivity contribution in [1.29, 1.82) is 0 Å². The number of rotatable bonds is 37. The topological polar surface area (TPSA) is 536 Å². The van der Waals surface area contributed by atoms with Crippen molar-refractivity contribution in [2.45, 2.75) is 154 Å². The molecule has 1 unspecified atom stereocenters. The molecule has 7 heterocycles. The van der Waals surface area contributed by atoms with Gasteiger partial charge in [-0.1, -0.05) is 42.4 Å². The molecule has 110 heavy (non-hydrogen) atoms. The Morgan fingerprint density at radius 1 is 0.718 bits per heavy atom. The first-order chi connectivity index (χ1) is 52.2. The Morgan fingerprint density at radius 2 is 1.39 bits per heavy atom. The lowest BCUT2D eigenvalue weighted by molar-refractivity contribution is -0.143. The average molecular weight is 1570 g/mol. The molecular weight excluding hydrogens is 1490 g/mol. The summed E-state index contributed by atoms with van der Waals surface area (Å²) >= 11 is 0. The van der Waals surface area contributed by atoms with Crippen molar-refractivity contribution in [1.82, 2.24) is 66.5 Å². The molecular formula is C73H87N15O19S3. The Kier molecular flexibility index (Phi) is 27.7. The van der Waals surface area contributed by atoms with E-state index >= 15 is 0 Å². The average Bonchev–Trinajstić information content (AvgIpc) is 1.56. The number of esters is 1. The number of carbonyl (C=O) groups excluding carboxylic acids is 10. The Labute approximate surface area is 638 Å². The maximum absolute atomic E-state index is 14.6. The van der Waals surface area contributed by atoms with Gasteiger partial charge in [0.05, 0.1) is 72.3 Å². The summed E-state index contributed by atoms with van der Waals surface area (Å²) < 4.78 is 37.5. The minimum atomic E-state index is -4.58. The second kappa shape index (κ2) is 36.6. The van der Waals surface area contributed by atoms with Gasteiger partial charge in [-0.3, -0.25) is 77.0 Å². The highest BCUT2D eigenvalue weighted by atomic mass is 33.1. The Hall–Kier alpha value is -10.8. The molecule has 0 fully saturated rings. The van der Waals surface area contributed by atoms with E-state index < -0.39 is 167 Å². The molecule has 37 heteroatoms. The summed E-state index contributed by atoms with van der Waals surface area (Å²) in [4.78, 5) is 207. The lowest BCUT2D eigenvalue weighted by Gasteiger charge is -2.23. The van der Waals surface area contributed by atoms with Crippen LogP contribution in [0.1, 0.15) is 198 Å². The van der Waals surface area contributed by atoms with Crippen LogP contribution in [0.4, 0.5) is 11.6 Å². The molecule has 1 aliphatic carbocycles. The molecule has 0 saturated carbocycles. The van der Waals surface area contributed by atoms with Crippen molar-refractivity contribution < 1.29 is 85.5 Å². The van der Waals surface area contributed by atoms with E-state index in [1.165, 1.54) is 44.5 Å². The van der Waals surface area contributed by atoms with Gasteiger partial charge in [-0.25, -0.2) is 14.8 Å². The number of nitrogens with two attached hydrogens (primary N) is 1. The van der Waals surface area contributed by atoms with Gasteiger partial charge in [-0.2, -0.15) is 13.4 Å². The van der Waals surface area contributed by atoms with E-state index in [-0.39, 0.29) is 90.2 Å². The van der Waals surface area contributed by atoms with Crippen molar-refractivity contribution >= 4 is 147 Å². The molecule has 8 bridgehead atoms. The van der Waals surface area contributed by atoms with E-state index in [1.807, 2.05) is 32.0 Å². The van der Waals surface area contributed by atoms with Crippen LogP contribution in [0, 0.1) is 25.7 Å². The van der Waals surface area contributed by atoms with Gasteiger partial charge < -0.3 is 62.6 Å². The number of nitrogen functional groups attached to an aromatic ring is 1. The number of methoxy groups -OCH3 is 1. The van der Waals surface area contributed by atoms with Crippen molar-refractivity contribution in [3.63, 3.8) is 0 Å². The van der Waals surface area contributed by atoms with Crippen LogP contribution in [-0.4, -0.2) is 190 Å². The van der Waals surface area contributed by atoms with Gasteiger partial charge in [0.15, 0.2) is 28.5 Å². The number of nitrogens with zero attached hydrogens (tertiary/aromatic N) is 5. The van der Waals surface area contributed by atoms with Crippen LogP contribution in [0.15, 0.2) is 53.5 Å². The number of anilines is 2. The van der Waals surface area contributed by atoms with E-state index in [1.54, 1.807) is 13.8 Å². The zero-order chi connectivity index (χ0) is 80.2. The third-order valence-corrected chi connectivity index (χ3v) is 22.8. The highest BCUT2D eigenvalue weighted by Crippen LogP contribution is 2.49. The summed E-state index contributed by atoms with van der Waals surface area (Å²) in [5.74, 6) is -16.6. The number of benzene rings is 1. The summed E-state index contributed by atoms with van der Waals surface area (Å²) in [6.07, 6.45) is -1.83. The predicted octanol–water partition coefficient (Wildman–Crippen LogP) is 5.57. The van der Waals surface area contributed by atoms with Crippen LogP contribution in [0.2, 0.25) is 0 Å². The number of hydrogen-bond donors (Lipinski definition) is 13. The van der Waals surface area contributed by atoms with Gasteiger partial charge in [0.1, 0.15) is 17.7 Å². The smallest absolute Gasteiger partial charge is 0.326 e. The zero-order valence-corrected chi connectivity index (χ0v) is 64.0. The molecule has 34 nitrogen and oxygen atoms in total. The first kappa shape index (κ1) is 83.3. The lowest BCUT2D eigenvalue weighted by Crippen LogP contribution is -2.48. The number of hydrogen-bond acceptors (Lipinski definition) is 25. The van der Waals surface area contributed by atoms with Crippen LogP contribution in [0.5, 0.6) is 0 Å². The first-order valence-corrected chi connectivity index (χ1v) is 39.7. The molecule has 0 radical (unpaired) electrons. The van der Waals surface area contributed by atoms with Gasteiger partial charge in [-0.15, -0.1) is 0 Å². The summed E-state index contributed by atoms with van der Waals surface area (Å²) in [6.45, 7) is 12.4. The lowest BCUT2D eigenvalue weighted by atomic mass is 9.84. The zero-order valence-electron chi connectivity index (χ0n) is 61.5. The molecule has 0 saturated heterocycles. The second-order valence-corrected chi connectivity index (χ2v) is 31.4. The molecule has 5 aromatic heterocycles. The SMILES string of the molecule is CCNC(=O)C[C@H](CC(=O)CC[C@H](NC(=O)c1ccc(NCc2cnc3nc(N)[nH]c(=O)c3n2)cc1)C(=O)O)C(=O)N[C@@H](CC(=O)NCCS(=O)(=O)O)C(=O)C[C@@H](CSSCCNC(=O)CC[C@@H]1c2nc(cc3[nH]c(cc4nc(cc5[nH]c6c(c5C)C(=O)C(C(=O)OC)c26)[C@H](CC)[C@H]4C)c(C(C)=O)c3C)[C@H]1C)C(=O)O. The fourth-order valence-electron chi connectivity index (χ4n) is 13.8. The molecule has 0 spiro atoms.